The second-order valence-electron chi connectivity index (χ2n) is 4.14. The van der Waals surface area contributed by atoms with E-state index in [4.69, 9.17) is 5.73 Å². The molecule has 1 radical (unpaired) electrons. The van der Waals surface area contributed by atoms with Crippen LogP contribution in [-0.2, 0) is 6.18 Å². The van der Waals surface area contributed by atoms with Crippen LogP contribution in [0.5, 0.6) is 5.75 Å². The van der Waals surface area contributed by atoms with Crippen LogP contribution < -0.4 is 5.73 Å². The molecule has 2 aromatic rings. The quantitative estimate of drug-likeness (QED) is 0.915. The fourth-order valence-electron chi connectivity index (χ4n) is 1.75. The first kappa shape index (κ1) is 13.9. The molecule has 6 heteroatoms. The molecule has 0 spiro atoms. The summed E-state index contributed by atoms with van der Waals surface area (Å²) < 4.78 is 37.3. The Morgan fingerprint density at radius 1 is 1.00 bits per heavy atom. The first-order chi connectivity index (χ1) is 9.29. The molecule has 0 heterocycles. The highest BCUT2D eigenvalue weighted by molar-refractivity contribution is 5.96. The number of amides is 1. The molecular weight excluding hydrogens is 271 g/mol. The number of rotatable bonds is 2. The SMILES string of the molecule is [NH]C(=O)c1cc(-c2ccc(C(F)(F)F)cc2)ccc1O. The number of nitrogens with one attached hydrogen (secondary N) is 1. The Labute approximate surface area is 112 Å². The van der Waals surface area contributed by atoms with E-state index in [1.165, 1.54) is 30.3 Å². The minimum Gasteiger partial charge on any atom is -0.507 e. The molecule has 0 aliphatic carbocycles. The van der Waals surface area contributed by atoms with Gasteiger partial charge in [-0.15, -0.1) is 0 Å². The van der Waals surface area contributed by atoms with E-state index in [0.717, 1.165) is 12.1 Å². The molecule has 0 saturated heterocycles. The third-order valence-electron chi connectivity index (χ3n) is 2.79. The molecule has 0 aromatic heterocycles. The van der Waals surface area contributed by atoms with Gasteiger partial charge in [0.15, 0.2) is 0 Å². The highest BCUT2D eigenvalue weighted by atomic mass is 19.4. The van der Waals surface area contributed by atoms with E-state index in [1.807, 2.05) is 0 Å². The number of hydrogen-bond donors (Lipinski definition) is 1. The summed E-state index contributed by atoms with van der Waals surface area (Å²) in [6.45, 7) is 0. The van der Waals surface area contributed by atoms with E-state index in [2.05, 4.69) is 0 Å². The predicted molar refractivity (Wildman–Crippen MR) is 66.0 cm³/mol. The van der Waals surface area contributed by atoms with Crippen LogP contribution in [0.15, 0.2) is 42.5 Å². The molecule has 2 rings (SSSR count). The second-order valence-corrected chi connectivity index (χ2v) is 4.14. The lowest BCUT2D eigenvalue weighted by atomic mass is 10.0. The molecule has 0 aliphatic heterocycles. The molecule has 20 heavy (non-hydrogen) atoms. The lowest BCUT2D eigenvalue weighted by molar-refractivity contribution is -0.137. The minimum absolute atomic E-state index is 0.192. The third kappa shape index (κ3) is 2.74. The average Bonchev–Trinajstić information content (AvgIpc) is 2.38. The summed E-state index contributed by atoms with van der Waals surface area (Å²) in [5.74, 6) is -1.39. The maximum absolute atomic E-state index is 12.4. The zero-order valence-corrected chi connectivity index (χ0v) is 10.0. The van der Waals surface area contributed by atoms with Gasteiger partial charge in [-0.3, -0.25) is 10.5 Å². The van der Waals surface area contributed by atoms with Crippen molar-refractivity contribution in [2.45, 2.75) is 6.18 Å². The highest BCUT2D eigenvalue weighted by Crippen LogP contribution is 2.32. The van der Waals surface area contributed by atoms with Crippen LogP contribution in [0.25, 0.3) is 11.1 Å². The van der Waals surface area contributed by atoms with E-state index in [9.17, 15) is 23.1 Å². The maximum Gasteiger partial charge on any atom is 0.416 e. The van der Waals surface area contributed by atoms with E-state index in [-0.39, 0.29) is 11.3 Å². The summed E-state index contributed by atoms with van der Waals surface area (Å²) in [4.78, 5) is 11.0. The van der Waals surface area contributed by atoms with Gasteiger partial charge >= 0.3 is 6.18 Å². The molecule has 0 atom stereocenters. The summed E-state index contributed by atoms with van der Waals surface area (Å²) >= 11 is 0. The maximum atomic E-state index is 12.4. The lowest BCUT2D eigenvalue weighted by Gasteiger charge is -2.08. The third-order valence-corrected chi connectivity index (χ3v) is 2.79. The van der Waals surface area contributed by atoms with Crippen molar-refractivity contribution in [2.75, 3.05) is 0 Å². The molecule has 0 aliphatic rings. The summed E-state index contributed by atoms with van der Waals surface area (Å²) in [5, 5.41) is 9.41. The molecule has 0 bridgehead atoms. The Morgan fingerprint density at radius 3 is 2.05 bits per heavy atom. The average molecular weight is 280 g/mol. The molecular formula is C14H9F3NO2. The number of phenolic OH excluding ortho intramolecular Hbond substituents is 1. The lowest BCUT2D eigenvalue weighted by Crippen LogP contribution is -2.04. The van der Waals surface area contributed by atoms with Gasteiger partial charge < -0.3 is 5.11 Å². The van der Waals surface area contributed by atoms with Crippen molar-refractivity contribution in [1.82, 2.24) is 5.73 Å². The second kappa shape index (κ2) is 4.88. The van der Waals surface area contributed by atoms with Crippen molar-refractivity contribution in [3.05, 3.63) is 53.6 Å². The van der Waals surface area contributed by atoms with E-state index in [0.29, 0.717) is 11.1 Å². The van der Waals surface area contributed by atoms with Crippen molar-refractivity contribution in [3.63, 3.8) is 0 Å². The summed E-state index contributed by atoms with van der Waals surface area (Å²) in [6.07, 6.45) is -4.41. The van der Waals surface area contributed by atoms with Gasteiger partial charge in [0.2, 0.25) is 0 Å². The number of halogens is 3. The van der Waals surface area contributed by atoms with Crippen molar-refractivity contribution in [2.24, 2.45) is 0 Å². The Bertz CT molecular complexity index is 648. The molecule has 2 aromatic carbocycles. The zero-order valence-electron chi connectivity index (χ0n) is 10.0. The van der Waals surface area contributed by atoms with E-state index < -0.39 is 17.6 Å². The number of benzene rings is 2. The zero-order chi connectivity index (χ0) is 14.9. The highest BCUT2D eigenvalue weighted by Gasteiger charge is 2.29. The minimum atomic E-state index is -4.41. The topological polar surface area (TPSA) is 61.1 Å². The number of hydrogen-bond acceptors (Lipinski definition) is 2. The van der Waals surface area contributed by atoms with Gasteiger partial charge in [0.05, 0.1) is 11.1 Å². The molecule has 0 fully saturated rings. The first-order valence-corrected chi connectivity index (χ1v) is 5.55. The van der Waals surface area contributed by atoms with Gasteiger partial charge in [0.25, 0.3) is 5.91 Å². The van der Waals surface area contributed by atoms with Crippen LogP contribution in [0, 0.1) is 0 Å². The van der Waals surface area contributed by atoms with Crippen LogP contribution in [-0.4, -0.2) is 11.0 Å². The standard InChI is InChI=1S/C14H9F3NO2/c15-14(16,17)10-4-1-8(2-5-10)9-3-6-12(19)11(7-9)13(18)20/h1-7,18-19H. The number of carbonyl (C=O) groups is 1. The Morgan fingerprint density at radius 2 is 1.55 bits per heavy atom. The van der Waals surface area contributed by atoms with Crippen LogP contribution in [0.3, 0.4) is 0 Å². The van der Waals surface area contributed by atoms with Gasteiger partial charge in [-0.2, -0.15) is 13.2 Å². The number of phenols is 1. The molecule has 0 unspecified atom stereocenters. The van der Waals surface area contributed by atoms with Crippen molar-refractivity contribution in [3.8, 4) is 16.9 Å². The van der Waals surface area contributed by atoms with Gasteiger partial charge in [0.1, 0.15) is 5.75 Å². The van der Waals surface area contributed by atoms with Gasteiger partial charge in [-0.25, -0.2) is 0 Å². The molecule has 103 valence electrons. The fourth-order valence-corrected chi connectivity index (χ4v) is 1.75. The van der Waals surface area contributed by atoms with Crippen LogP contribution in [0.1, 0.15) is 15.9 Å². The first-order valence-electron chi connectivity index (χ1n) is 5.55. The Hall–Kier alpha value is -2.50. The largest absolute Gasteiger partial charge is 0.507 e. The normalized spacial score (nSPS) is 11.3. The van der Waals surface area contributed by atoms with Crippen LogP contribution >= 0.6 is 0 Å². The smallest absolute Gasteiger partial charge is 0.416 e. The summed E-state index contributed by atoms with van der Waals surface area (Å²) in [6, 6.07) is 8.38. The summed E-state index contributed by atoms with van der Waals surface area (Å²) in [5.41, 5.74) is 6.94. The van der Waals surface area contributed by atoms with Gasteiger partial charge in [-0.1, -0.05) is 18.2 Å². The fraction of sp³-hybridized carbons (Fsp3) is 0.0714. The summed E-state index contributed by atoms with van der Waals surface area (Å²) in [7, 11) is 0. The number of aromatic hydroxyl groups is 1. The van der Waals surface area contributed by atoms with Crippen LogP contribution in [0.4, 0.5) is 13.2 Å². The van der Waals surface area contributed by atoms with E-state index in [1.54, 1.807) is 0 Å². The number of carbonyl (C=O) groups excluding carboxylic acids is 1. The van der Waals surface area contributed by atoms with Gasteiger partial charge in [-0.05, 0) is 35.4 Å². The predicted octanol–water partition coefficient (Wildman–Crippen LogP) is 3.50. The Kier molecular flexibility index (Phi) is 3.40. The van der Waals surface area contributed by atoms with Crippen molar-refractivity contribution in [1.29, 1.82) is 0 Å². The molecule has 3 nitrogen and oxygen atoms in total. The van der Waals surface area contributed by atoms with Crippen molar-refractivity contribution >= 4 is 5.91 Å². The monoisotopic (exact) mass is 280 g/mol. The van der Waals surface area contributed by atoms with Crippen LogP contribution in [0.2, 0.25) is 0 Å². The van der Waals surface area contributed by atoms with E-state index >= 15 is 0 Å². The Balaban J connectivity index is 2.42. The number of alkyl halides is 3. The molecule has 2 N–H and O–H groups in total. The molecule has 1 amide bonds. The van der Waals surface area contributed by atoms with Gasteiger partial charge in [0, 0.05) is 0 Å². The molecule has 0 saturated carbocycles. The van der Waals surface area contributed by atoms with Crippen molar-refractivity contribution < 1.29 is 23.1 Å².